The van der Waals surface area contributed by atoms with Gasteiger partial charge >= 0.3 is 6.03 Å². The van der Waals surface area contributed by atoms with E-state index in [-0.39, 0.29) is 17.5 Å². The Kier molecular flexibility index (Phi) is 4.21. The van der Waals surface area contributed by atoms with Gasteiger partial charge in [0.05, 0.1) is 5.75 Å². The van der Waals surface area contributed by atoms with E-state index in [4.69, 9.17) is 0 Å². The van der Waals surface area contributed by atoms with E-state index in [1.807, 2.05) is 32.5 Å². The molecular formula is C17H28N2O2S. The Bertz CT molecular complexity index is 434. The molecule has 0 radical (unpaired) electrons. The van der Waals surface area contributed by atoms with Crippen LogP contribution in [-0.4, -0.2) is 28.0 Å². The third kappa shape index (κ3) is 3.79. The van der Waals surface area contributed by atoms with Gasteiger partial charge in [-0.05, 0) is 77.0 Å². The number of hydrogen-bond donors (Lipinski definition) is 2. The number of carbonyl (C=O) groups excluding carboxylic acids is 2. The highest BCUT2D eigenvalue weighted by Gasteiger charge is 2.51. The fourth-order valence-corrected chi connectivity index (χ4v) is 6.53. The molecule has 5 heteroatoms. The summed E-state index contributed by atoms with van der Waals surface area (Å²) in [5, 5.41) is 5.22. The third-order valence-corrected chi connectivity index (χ3v) is 6.75. The lowest BCUT2D eigenvalue weighted by molar-refractivity contribution is -0.117. The van der Waals surface area contributed by atoms with Crippen LogP contribution in [0, 0.1) is 17.8 Å². The Labute approximate surface area is 137 Å². The molecule has 0 atom stereocenters. The van der Waals surface area contributed by atoms with Crippen LogP contribution in [0.2, 0.25) is 0 Å². The van der Waals surface area contributed by atoms with Crippen molar-refractivity contribution in [1.29, 1.82) is 0 Å². The maximum Gasteiger partial charge on any atom is 0.321 e. The summed E-state index contributed by atoms with van der Waals surface area (Å²) in [5.74, 6) is 2.93. The number of imide groups is 1. The van der Waals surface area contributed by atoms with Gasteiger partial charge in [0.1, 0.15) is 0 Å². The van der Waals surface area contributed by atoms with Gasteiger partial charge in [0, 0.05) is 10.3 Å². The van der Waals surface area contributed by atoms with E-state index in [0.29, 0.717) is 10.5 Å². The second-order valence-corrected chi connectivity index (χ2v) is 10.1. The van der Waals surface area contributed by atoms with Gasteiger partial charge < -0.3 is 5.32 Å². The molecule has 3 amide bonds. The van der Waals surface area contributed by atoms with E-state index in [1.165, 1.54) is 38.5 Å². The molecule has 0 aromatic heterocycles. The highest BCUT2D eigenvalue weighted by molar-refractivity contribution is 8.01. The fourth-order valence-electron chi connectivity index (χ4n) is 4.96. The number of nitrogens with one attached hydrogen (secondary N) is 2. The van der Waals surface area contributed by atoms with E-state index >= 15 is 0 Å². The molecule has 4 aliphatic carbocycles. The van der Waals surface area contributed by atoms with Crippen molar-refractivity contribution in [2.45, 2.75) is 69.6 Å². The van der Waals surface area contributed by atoms with Crippen molar-refractivity contribution in [3.8, 4) is 0 Å². The topological polar surface area (TPSA) is 58.2 Å². The minimum Gasteiger partial charge on any atom is -0.333 e. The Morgan fingerprint density at radius 3 is 2.00 bits per heavy atom. The molecule has 0 saturated heterocycles. The van der Waals surface area contributed by atoms with Crippen molar-refractivity contribution in [1.82, 2.24) is 10.6 Å². The zero-order chi connectivity index (χ0) is 16.0. The van der Waals surface area contributed by atoms with Crippen molar-refractivity contribution < 1.29 is 9.59 Å². The molecule has 2 N–H and O–H groups in total. The van der Waals surface area contributed by atoms with Crippen LogP contribution in [0.5, 0.6) is 0 Å². The van der Waals surface area contributed by atoms with Crippen molar-refractivity contribution in [2.75, 3.05) is 5.75 Å². The molecule has 4 rings (SSSR count). The van der Waals surface area contributed by atoms with E-state index in [9.17, 15) is 9.59 Å². The van der Waals surface area contributed by atoms with Crippen LogP contribution in [0.25, 0.3) is 0 Å². The molecule has 0 unspecified atom stereocenters. The van der Waals surface area contributed by atoms with Crippen LogP contribution >= 0.6 is 11.8 Å². The van der Waals surface area contributed by atoms with E-state index in [0.717, 1.165) is 17.8 Å². The molecule has 4 saturated carbocycles. The number of amides is 3. The number of hydrogen-bond acceptors (Lipinski definition) is 3. The molecule has 0 heterocycles. The van der Waals surface area contributed by atoms with Gasteiger partial charge in [-0.1, -0.05) is 0 Å². The molecule has 0 spiro atoms. The van der Waals surface area contributed by atoms with Gasteiger partial charge in [0.15, 0.2) is 0 Å². The lowest BCUT2D eigenvalue weighted by Crippen LogP contribution is -2.50. The molecule has 0 aromatic rings. The van der Waals surface area contributed by atoms with Crippen molar-refractivity contribution in [3.05, 3.63) is 0 Å². The Balaban J connectivity index is 1.48. The summed E-state index contributed by atoms with van der Waals surface area (Å²) in [4.78, 5) is 23.8. The van der Waals surface area contributed by atoms with Gasteiger partial charge in [0.25, 0.3) is 0 Å². The summed E-state index contributed by atoms with van der Waals surface area (Å²) in [7, 11) is 0. The standard InChI is InChI=1S/C17H28N2O2S/c1-16(2,3)19-15(21)18-14(20)10-22-17-7-11-4-12(8-17)6-13(5-11)9-17/h11-13H,4-10H2,1-3H3,(H2,18,19,20,21). The molecule has 4 fully saturated rings. The van der Waals surface area contributed by atoms with Crippen LogP contribution in [0.15, 0.2) is 0 Å². The predicted octanol–water partition coefficient (Wildman–Crippen LogP) is 3.31. The summed E-state index contributed by atoms with van der Waals surface area (Å²) in [6.07, 6.45) is 8.10. The number of urea groups is 1. The normalized spacial score (nSPS) is 36.2. The molecular weight excluding hydrogens is 296 g/mol. The van der Waals surface area contributed by atoms with E-state index < -0.39 is 0 Å². The van der Waals surface area contributed by atoms with Gasteiger partial charge in [-0.3, -0.25) is 10.1 Å². The summed E-state index contributed by atoms with van der Waals surface area (Å²) in [5.41, 5.74) is -0.322. The first kappa shape index (κ1) is 16.2. The third-order valence-electron chi connectivity index (χ3n) is 5.23. The van der Waals surface area contributed by atoms with Gasteiger partial charge in [-0.2, -0.15) is 0 Å². The lowest BCUT2D eigenvalue weighted by atomic mass is 9.56. The number of thioether (sulfide) groups is 1. The quantitative estimate of drug-likeness (QED) is 0.837. The maximum atomic E-state index is 12.0. The van der Waals surface area contributed by atoms with E-state index in [1.54, 1.807) is 0 Å². The summed E-state index contributed by atoms with van der Waals surface area (Å²) in [6.45, 7) is 5.71. The Hall–Kier alpha value is -0.710. The second-order valence-electron chi connectivity index (χ2n) is 8.64. The van der Waals surface area contributed by atoms with Crippen molar-refractivity contribution >= 4 is 23.7 Å². The lowest BCUT2D eigenvalue weighted by Gasteiger charge is -2.56. The highest BCUT2D eigenvalue weighted by Crippen LogP contribution is 2.60. The van der Waals surface area contributed by atoms with Crippen molar-refractivity contribution in [3.63, 3.8) is 0 Å². The van der Waals surface area contributed by atoms with Gasteiger partial charge in [-0.25, -0.2) is 4.79 Å². The fraction of sp³-hybridized carbons (Fsp3) is 0.882. The minimum atomic E-state index is -0.386. The first-order valence-electron chi connectivity index (χ1n) is 8.49. The predicted molar refractivity (Wildman–Crippen MR) is 89.8 cm³/mol. The highest BCUT2D eigenvalue weighted by atomic mass is 32.2. The Morgan fingerprint density at radius 1 is 1.05 bits per heavy atom. The largest absolute Gasteiger partial charge is 0.333 e. The maximum absolute atomic E-state index is 12.0. The molecule has 22 heavy (non-hydrogen) atoms. The van der Waals surface area contributed by atoms with Crippen LogP contribution in [0.3, 0.4) is 0 Å². The number of carbonyl (C=O) groups is 2. The summed E-state index contributed by atoms with van der Waals surface area (Å²) < 4.78 is 0.326. The zero-order valence-electron chi connectivity index (χ0n) is 13.9. The SMILES string of the molecule is CC(C)(C)NC(=O)NC(=O)CSC12CC3CC(CC(C3)C1)C2. The smallest absolute Gasteiger partial charge is 0.321 e. The van der Waals surface area contributed by atoms with Crippen LogP contribution in [0.4, 0.5) is 4.79 Å². The first-order valence-corrected chi connectivity index (χ1v) is 9.48. The Morgan fingerprint density at radius 2 is 1.55 bits per heavy atom. The van der Waals surface area contributed by atoms with Gasteiger partial charge in [0.2, 0.25) is 5.91 Å². The van der Waals surface area contributed by atoms with Crippen molar-refractivity contribution in [2.24, 2.45) is 17.8 Å². The van der Waals surface area contributed by atoms with Crippen LogP contribution < -0.4 is 10.6 Å². The van der Waals surface area contributed by atoms with Crippen LogP contribution in [0.1, 0.15) is 59.3 Å². The molecule has 0 aliphatic heterocycles. The minimum absolute atomic E-state index is 0.164. The molecule has 0 aromatic carbocycles. The van der Waals surface area contributed by atoms with Crippen LogP contribution in [-0.2, 0) is 4.79 Å². The molecule has 4 bridgehead atoms. The van der Waals surface area contributed by atoms with E-state index in [2.05, 4.69) is 10.6 Å². The summed E-state index contributed by atoms with van der Waals surface area (Å²) >= 11 is 1.81. The molecule has 124 valence electrons. The summed E-state index contributed by atoms with van der Waals surface area (Å²) in [6, 6.07) is -0.386. The molecule has 4 aliphatic rings. The first-order chi connectivity index (χ1) is 10.2. The van der Waals surface area contributed by atoms with Gasteiger partial charge in [-0.15, -0.1) is 11.8 Å². The number of rotatable bonds is 3. The second kappa shape index (κ2) is 5.73. The average Bonchev–Trinajstić information content (AvgIpc) is 2.32. The zero-order valence-corrected chi connectivity index (χ0v) is 14.7. The average molecular weight is 324 g/mol. The molecule has 4 nitrogen and oxygen atoms in total. The monoisotopic (exact) mass is 324 g/mol.